The summed E-state index contributed by atoms with van der Waals surface area (Å²) in [6.45, 7) is 0. The number of amides is 3. The van der Waals surface area contributed by atoms with Crippen molar-refractivity contribution in [1.82, 2.24) is 10.3 Å². The zero-order valence-corrected chi connectivity index (χ0v) is 22.7. The minimum Gasteiger partial charge on any atom is -0.321 e. The normalized spacial score (nSPS) is 11.0. The minimum absolute atomic E-state index is 0.0270. The zero-order valence-electron chi connectivity index (χ0n) is 20.4. The van der Waals surface area contributed by atoms with E-state index < -0.39 is 11.8 Å². The van der Waals surface area contributed by atoms with Crippen LogP contribution in [0.5, 0.6) is 0 Å². The number of hydrogen-bond donors (Lipinski definition) is 3. The van der Waals surface area contributed by atoms with Crippen molar-refractivity contribution in [2.24, 2.45) is 0 Å². The van der Waals surface area contributed by atoms with E-state index in [1.165, 1.54) is 17.8 Å². The number of carbonyl (C=O) groups excluding carboxylic acids is 3. The summed E-state index contributed by atoms with van der Waals surface area (Å²) in [7, 11) is 0. The number of nitrogens with one attached hydrogen (secondary N) is 3. The van der Waals surface area contributed by atoms with Crippen LogP contribution in [0.15, 0.2) is 108 Å². The lowest BCUT2D eigenvalue weighted by Crippen LogP contribution is -2.30. The second kappa shape index (κ2) is 13.6. The Labute approximate surface area is 239 Å². The molecule has 0 aliphatic carbocycles. The van der Waals surface area contributed by atoms with Crippen LogP contribution in [0.1, 0.15) is 15.9 Å². The van der Waals surface area contributed by atoms with Crippen molar-refractivity contribution in [2.45, 2.75) is 4.90 Å². The number of nitrogens with zero attached hydrogens (tertiary/aromatic N) is 1. The van der Waals surface area contributed by atoms with Crippen molar-refractivity contribution in [2.75, 3.05) is 16.4 Å². The number of pyridine rings is 1. The van der Waals surface area contributed by atoms with Gasteiger partial charge in [0.05, 0.1) is 15.8 Å². The molecule has 10 heteroatoms. The van der Waals surface area contributed by atoms with Crippen LogP contribution in [0.25, 0.3) is 6.08 Å². The summed E-state index contributed by atoms with van der Waals surface area (Å²) in [4.78, 5) is 43.3. The third kappa shape index (κ3) is 8.19. The molecule has 0 unspecified atom stereocenters. The number of carbonyl (C=O) groups is 3. The molecule has 3 amide bonds. The molecule has 0 aliphatic heterocycles. The maximum Gasteiger partial charge on any atom is 0.272 e. The summed E-state index contributed by atoms with van der Waals surface area (Å²) >= 11 is 13.8. The maximum atomic E-state index is 13.3. The highest BCUT2D eigenvalue weighted by atomic mass is 35.5. The molecule has 3 aromatic carbocycles. The molecule has 4 aromatic rings. The summed E-state index contributed by atoms with van der Waals surface area (Å²) in [5.74, 6) is -0.607. The van der Waals surface area contributed by atoms with E-state index >= 15 is 0 Å². The lowest BCUT2D eigenvalue weighted by molar-refractivity contribution is -0.114. The van der Waals surface area contributed by atoms with Gasteiger partial charge in [0, 0.05) is 22.3 Å². The average molecular weight is 577 g/mol. The van der Waals surface area contributed by atoms with Gasteiger partial charge in [0.15, 0.2) is 0 Å². The van der Waals surface area contributed by atoms with E-state index in [9.17, 15) is 14.4 Å². The van der Waals surface area contributed by atoms with Crippen LogP contribution in [-0.2, 0) is 9.59 Å². The van der Waals surface area contributed by atoms with E-state index in [1.54, 1.807) is 91.1 Å². The Hall–Kier alpha value is -4.11. The van der Waals surface area contributed by atoms with Gasteiger partial charge in [-0.25, -0.2) is 4.98 Å². The molecule has 0 aliphatic rings. The molecule has 0 bridgehead atoms. The SMILES string of the molecule is O=C(CSc1cccc(NC(=O)/C(=C\c2cccc(Cl)c2Cl)NC(=O)c2ccccc2)c1)Nc1ccccn1. The molecule has 196 valence electrons. The van der Waals surface area contributed by atoms with Crippen molar-refractivity contribution in [3.63, 3.8) is 0 Å². The van der Waals surface area contributed by atoms with Crippen molar-refractivity contribution in [1.29, 1.82) is 0 Å². The zero-order chi connectivity index (χ0) is 27.6. The van der Waals surface area contributed by atoms with Gasteiger partial charge in [-0.2, -0.15) is 0 Å². The van der Waals surface area contributed by atoms with Crippen molar-refractivity contribution in [3.8, 4) is 0 Å². The largest absolute Gasteiger partial charge is 0.321 e. The highest BCUT2D eigenvalue weighted by Gasteiger charge is 2.16. The summed E-state index contributed by atoms with van der Waals surface area (Å²) < 4.78 is 0. The molecular weight excluding hydrogens is 555 g/mol. The first kappa shape index (κ1) is 27.9. The number of aromatic nitrogens is 1. The molecule has 0 spiro atoms. The van der Waals surface area contributed by atoms with Crippen LogP contribution in [0.2, 0.25) is 10.0 Å². The minimum atomic E-state index is -0.564. The summed E-state index contributed by atoms with van der Waals surface area (Å²) in [5.41, 5.74) is 1.30. The molecule has 1 aromatic heterocycles. The number of anilines is 2. The number of halogens is 2. The van der Waals surface area contributed by atoms with Gasteiger partial charge in [-0.15, -0.1) is 11.8 Å². The first-order valence-corrected chi connectivity index (χ1v) is 13.4. The Balaban J connectivity index is 1.49. The lowest BCUT2D eigenvalue weighted by Gasteiger charge is -2.13. The first-order chi connectivity index (χ1) is 18.9. The molecule has 3 N–H and O–H groups in total. The predicted molar refractivity (Wildman–Crippen MR) is 157 cm³/mol. The summed E-state index contributed by atoms with van der Waals surface area (Å²) in [6, 6.07) is 25.8. The highest BCUT2D eigenvalue weighted by molar-refractivity contribution is 8.00. The van der Waals surface area contributed by atoms with Crippen LogP contribution in [0, 0.1) is 0 Å². The van der Waals surface area contributed by atoms with Crippen LogP contribution in [0.4, 0.5) is 11.5 Å². The van der Waals surface area contributed by atoms with Gasteiger partial charge in [0.1, 0.15) is 11.5 Å². The number of benzene rings is 3. The standard InChI is InChI=1S/C29H22Cl2N4O3S/c30-23-13-6-10-20(27(23)31)16-24(34-28(37)19-8-2-1-3-9-19)29(38)33-21-11-7-12-22(17-21)39-18-26(36)35-25-14-4-5-15-32-25/h1-17H,18H2,(H,33,38)(H,34,37)(H,32,35,36)/b24-16+. The Morgan fingerprint density at radius 3 is 2.38 bits per heavy atom. The molecule has 0 saturated heterocycles. The van der Waals surface area contributed by atoms with E-state index in [0.29, 0.717) is 27.7 Å². The fourth-order valence-corrected chi connectivity index (χ4v) is 4.47. The predicted octanol–water partition coefficient (Wildman–Crippen LogP) is 6.53. The Morgan fingerprint density at radius 1 is 0.846 bits per heavy atom. The fourth-order valence-electron chi connectivity index (χ4n) is 3.36. The van der Waals surface area contributed by atoms with Gasteiger partial charge in [0.25, 0.3) is 11.8 Å². The maximum absolute atomic E-state index is 13.3. The second-order valence-corrected chi connectivity index (χ2v) is 9.89. The Morgan fingerprint density at radius 2 is 1.62 bits per heavy atom. The van der Waals surface area contributed by atoms with Gasteiger partial charge in [-0.1, -0.05) is 65.7 Å². The number of thioether (sulfide) groups is 1. The Bertz CT molecular complexity index is 1520. The van der Waals surface area contributed by atoms with Gasteiger partial charge < -0.3 is 16.0 Å². The van der Waals surface area contributed by atoms with Gasteiger partial charge in [-0.3, -0.25) is 14.4 Å². The summed E-state index contributed by atoms with van der Waals surface area (Å²) in [5, 5.41) is 8.77. The van der Waals surface area contributed by atoms with Gasteiger partial charge in [-0.05, 0) is 60.2 Å². The van der Waals surface area contributed by atoms with Crippen molar-refractivity contribution < 1.29 is 14.4 Å². The molecule has 39 heavy (non-hydrogen) atoms. The number of rotatable bonds is 9. The number of hydrogen-bond acceptors (Lipinski definition) is 5. The van der Waals surface area contributed by atoms with E-state index in [0.717, 1.165) is 4.90 Å². The molecule has 4 rings (SSSR count). The first-order valence-electron chi connectivity index (χ1n) is 11.7. The fraction of sp³-hybridized carbons (Fsp3) is 0.0345. The van der Waals surface area contributed by atoms with E-state index in [2.05, 4.69) is 20.9 Å². The monoisotopic (exact) mass is 576 g/mol. The average Bonchev–Trinajstić information content (AvgIpc) is 2.95. The van der Waals surface area contributed by atoms with E-state index in [1.807, 2.05) is 6.07 Å². The molecule has 0 atom stereocenters. The smallest absolute Gasteiger partial charge is 0.272 e. The topological polar surface area (TPSA) is 100 Å². The quantitative estimate of drug-likeness (QED) is 0.155. The summed E-state index contributed by atoms with van der Waals surface area (Å²) in [6.07, 6.45) is 3.06. The van der Waals surface area contributed by atoms with Crippen molar-refractivity contribution in [3.05, 3.63) is 124 Å². The molecule has 7 nitrogen and oxygen atoms in total. The third-order valence-corrected chi connectivity index (χ3v) is 7.03. The molecular formula is C29H22Cl2N4O3S. The molecule has 0 saturated carbocycles. The van der Waals surface area contributed by atoms with Crippen LogP contribution in [-0.4, -0.2) is 28.5 Å². The van der Waals surface area contributed by atoms with E-state index in [4.69, 9.17) is 23.2 Å². The van der Waals surface area contributed by atoms with Gasteiger partial charge >= 0.3 is 0 Å². The van der Waals surface area contributed by atoms with Crippen molar-refractivity contribution >= 4 is 70.3 Å². The molecule has 0 radical (unpaired) electrons. The van der Waals surface area contributed by atoms with Gasteiger partial charge in [0.2, 0.25) is 5.91 Å². The third-order valence-electron chi connectivity index (χ3n) is 5.20. The van der Waals surface area contributed by atoms with Crippen LogP contribution < -0.4 is 16.0 Å². The van der Waals surface area contributed by atoms with Crippen LogP contribution in [0.3, 0.4) is 0 Å². The van der Waals surface area contributed by atoms with E-state index in [-0.39, 0.29) is 22.4 Å². The van der Waals surface area contributed by atoms with Crippen LogP contribution >= 0.6 is 35.0 Å². The Kier molecular flexibility index (Phi) is 9.74. The highest BCUT2D eigenvalue weighted by Crippen LogP contribution is 2.27. The lowest BCUT2D eigenvalue weighted by atomic mass is 10.1. The second-order valence-electron chi connectivity index (χ2n) is 8.05. The molecule has 0 fully saturated rings. The molecule has 1 heterocycles.